The SMILES string of the molecule is O=C1/C(=C/c2ccc(OCc3ccc(Cl)c(Cl)c3)c(Cl)c2)SC(=S)N1C[C@H]1CCCO1. The van der Waals surface area contributed by atoms with E-state index in [2.05, 4.69) is 0 Å². The van der Waals surface area contributed by atoms with Crippen LogP contribution in [-0.4, -0.2) is 34.4 Å². The molecule has 0 aromatic heterocycles. The molecule has 0 N–H and O–H groups in total. The van der Waals surface area contributed by atoms with Crippen molar-refractivity contribution in [1.82, 2.24) is 4.90 Å². The van der Waals surface area contributed by atoms with Gasteiger partial charge in [-0.25, -0.2) is 0 Å². The third kappa shape index (κ3) is 5.56. The van der Waals surface area contributed by atoms with Crippen molar-refractivity contribution in [1.29, 1.82) is 0 Å². The quantitative estimate of drug-likeness (QED) is 0.320. The fourth-order valence-electron chi connectivity index (χ4n) is 3.32. The Morgan fingerprint density at radius 2 is 2.00 bits per heavy atom. The number of thioether (sulfide) groups is 1. The van der Waals surface area contributed by atoms with E-state index in [4.69, 9.17) is 56.5 Å². The summed E-state index contributed by atoms with van der Waals surface area (Å²) in [5.74, 6) is 0.442. The van der Waals surface area contributed by atoms with Crippen molar-refractivity contribution in [3.8, 4) is 5.75 Å². The number of rotatable bonds is 6. The molecule has 4 rings (SSSR count). The van der Waals surface area contributed by atoms with Crippen molar-refractivity contribution in [2.24, 2.45) is 0 Å². The van der Waals surface area contributed by atoms with E-state index in [1.807, 2.05) is 12.1 Å². The average Bonchev–Trinajstić information content (AvgIpc) is 3.34. The predicted molar refractivity (Wildman–Crippen MR) is 131 cm³/mol. The molecule has 4 nitrogen and oxygen atoms in total. The third-order valence-electron chi connectivity index (χ3n) is 4.92. The lowest BCUT2D eigenvalue weighted by molar-refractivity contribution is -0.123. The van der Waals surface area contributed by atoms with Gasteiger partial charge in [0.1, 0.15) is 16.7 Å². The first kappa shape index (κ1) is 22.9. The van der Waals surface area contributed by atoms with Crippen molar-refractivity contribution < 1.29 is 14.3 Å². The molecule has 9 heteroatoms. The average molecular weight is 515 g/mol. The molecule has 162 valence electrons. The number of hydrogen-bond donors (Lipinski definition) is 0. The number of hydrogen-bond acceptors (Lipinski definition) is 5. The van der Waals surface area contributed by atoms with Crippen LogP contribution in [-0.2, 0) is 16.1 Å². The van der Waals surface area contributed by atoms with Crippen molar-refractivity contribution >= 4 is 75.1 Å². The Morgan fingerprint density at radius 3 is 2.71 bits per heavy atom. The van der Waals surface area contributed by atoms with Crippen LogP contribution in [0, 0.1) is 0 Å². The van der Waals surface area contributed by atoms with Gasteiger partial charge in [0, 0.05) is 6.61 Å². The van der Waals surface area contributed by atoms with E-state index in [9.17, 15) is 4.79 Å². The summed E-state index contributed by atoms with van der Waals surface area (Å²) in [4.78, 5) is 15.0. The summed E-state index contributed by atoms with van der Waals surface area (Å²) >= 11 is 25.1. The highest BCUT2D eigenvalue weighted by atomic mass is 35.5. The Labute approximate surface area is 205 Å². The molecule has 0 unspecified atom stereocenters. The van der Waals surface area contributed by atoms with Crippen molar-refractivity contribution in [3.05, 3.63) is 67.5 Å². The molecule has 0 aliphatic carbocycles. The lowest BCUT2D eigenvalue weighted by Crippen LogP contribution is -2.35. The van der Waals surface area contributed by atoms with Crippen LogP contribution in [0.1, 0.15) is 24.0 Å². The van der Waals surface area contributed by atoms with Crippen molar-refractivity contribution in [2.75, 3.05) is 13.2 Å². The Morgan fingerprint density at radius 1 is 1.16 bits per heavy atom. The maximum atomic E-state index is 12.8. The summed E-state index contributed by atoms with van der Waals surface area (Å²) in [6.07, 6.45) is 3.83. The highest BCUT2D eigenvalue weighted by Gasteiger charge is 2.34. The Balaban J connectivity index is 1.42. The number of amides is 1. The molecule has 2 aromatic rings. The van der Waals surface area contributed by atoms with Crippen LogP contribution in [0.15, 0.2) is 41.3 Å². The molecule has 1 atom stereocenters. The van der Waals surface area contributed by atoms with E-state index in [0.29, 0.717) is 43.2 Å². The second-order valence-corrected chi connectivity index (χ2v) is 10.1. The molecule has 2 aliphatic rings. The van der Waals surface area contributed by atoms with E-state index in [1.165, 1.54) is 11.8 Å². The summed E-state index contributed by atoms with van der Waals surface area (Å²) in [5, 5.41) is 1.42. The second-order valence-electron chi connectivity index (χ2n) is 7.15. The number of thiocarbonyl (C=S) groups is 1. The van der Waals surface area contributed by atoms with Crippen LogP contribution in [0.5, 0.6) is 5.75 Å². The fourth-order valence-corrected chi connectivity index (χ4v) is 5.15. The minimum absolute atomic E-state index is 0.0586. The molecular weight excluding hydrogens is 497 g/mol. The Bertz CT molecular complexity index is 1050. The molecule has 1 amide bonds. The predicted octanol–water partition coefficient (Wildman–Crippen LogP) is 6.61. The van der Waals surface area contributed by atoms with Gasteiger partial charge < -0.3 is 9.47 Å². The maximum Gasteiger partial charge on any atom is 0.266 e. The molecule has 0 bridgehead atoms. The molecule has 2 heterocycles. The summed E-state index contributed by atoms with van der Waals surface area (Å²) in [7, 11) is 0. The smallest absolute Gasteiger partial charge is 0.266 e. The number of nitrogens with zero attached hydrogens (tertiary/aromatic N) is 1. The molecule has 0 saturated carbocycles. The number of benzene rings is 2. The molecule has 2 aromatic carbocycles. The normalized spacial score (nSPS) is 20.2. The summed E-state index contributed by atoms with van der Waals surface area (Å²) < 4.78 is 12.0. The molecule has 0 radical (unpaired) electrons. The Hall–Kier alpha value is -1.28. The molecule has 31 heavy (non-hydrogen) atoms. The number of carbonyl (C=O) groups excluding carboxylic acids is 1. The van der Waals surface area contributed by atoms with Crippen LogP contribution < -0.4 is 4.74 Å². The molecule has 0 spiro atoms. The van der Waals surface area contributed by atoms with Gasteiger partial charge in [-0.15, -0.1) is 0 Å². The zero-order valence-corrected chi connectivity index (χ0v) is 20.2. The van der Waals surface area contributed by atoms with Crippen LogP contribution in [0.3, 0.4) is 0 Å². The maximum absolute atomic E-state index is 12.8. The fraction of sp³-hybridized carbons (Fsp3) is 0.273. The van der Waals surface area contributed by atoms with Gasteiger partial charge in [0.05, 0.1) is 32.6 Å². The zero-order chi connectivity index (χ0) is 22.0. The van der Waals surface area contributed by atoms with Gasteiger partial charge in [0.15, 0.2) is 0 Å². The first-order valence-electron chi connectivity index (χ1n) is 9.64. The van der Waals surface area contributed by atoms with Crippen molar-refractivity contribution in [3.63, 3.8) is 0 Å². The lowest BCUT2D eigenvalue weighted by atomic mass is 10.2. The van der Waals surface area contributed by atoms with Gasteiger partial charge in [0.25, 0.3) is 5.91 Å². The highest BCUT2D eigenvalue weighted by molar-refractivity contribution is 8.26. The van der Waals surface area contributed by atoms with Gasteiger partial charge in [-0.3, -0.25) is 9.69 Å². The second kappa shape index (κ2) is 10.1. The lowest BCUT2D eigenvalue weighted by Gasteiger charge is -2.18. The van der Waals surface area contributed by atoms with Crippen molar-refractivity contribution in [2.45, 2.75) is 25.6 Å². The first-order chi connectivity index (χ1) is 14.9. The van der Waals surface area contributed by atoms with Crippen LogP contribution >= 0.6 is 58.8 Å². The number of carbonyl (C=O) groups is 1. The summed E-state index contributed by atoms with van der Waals surface area (Å²) in [6, 6.07) is 10.7. The van der Waals surface area contributed by atoms with E-state index in [-0.39, 0.29) is 12.0 Å². The van der Waals surface area contributed by atoms with E-state index >= 15 is 0 Å². The highest BCUT2D eigenvalue weighted by Crippen LogP contribution is 2.35. The number of ether oxygens (including phenoxy) is 2. The van der Waals surface area contributed by atoms with Gasteiger partial charge in [-0.05, 0) is 54.3 Å². The van der Waals surface area contributed by atoms with Crippen LogP contribution in [0.25, 0.3) is 6.08 Å². The summed E-state index contributed by atoms with van der Waals surface area (Å²) in [5.41, 5.74) is 1.67. The van der Waals surface area contributed by atoms with E-state index < -0.39 is 0 Å². The Kier molecular flexibility index (Phi) is 7.47. The van der Waals surface area contributed by atoms with Gasteiger partial charge in [-0.2, -0.15) is 0 Å². The summed E-state index contributed by atoms with van der Waals surface area (Å²) in [6.45, 7) is 1.55. The van der Waals surface area contributed by atoms with Gasteiger partial charge in [0.2, 0.25) is 0 Å². The molecular formula is C22H18Cl3NO3S2. The largest absolute Gasteiger partial charge is 0.487 e. The van der Waals surface area contributed by atoms with E-state index in [0.717, 1.165) is 30.6 Å². The third-order valence-corrected chi connectivity index (χ3v) is 7.33. The minimum Gasteiger partial charge on any atom is -0.487 e. The molecule has 2 aliphatic heterocycles. The zero-order valence-electron chi connectivity index (χ0n) is 16.3. The topological polar surface area (TPSA) is 38.8 Å². The molecule has 2 saturated heterocycles. The minimum atomic E-state index is -0.0958. The monoisotopic (exact) mass is 513 g/mol. The van der Waals surface area contributed by atoms with Gasteiger partial charge in [-0.1, -0.05) is 70.9 Å². The van der Waals surface area contributed by atoms with Crippen LogP contribution in [0.4, 0.5) is 0 Å². The van der Waals surface area contributed by atoms with E-state index in [1.54, 1.807) is 35.2 Å². The van der Waals surface area contributed by atoms with Crippen LogP contribution in [0.2, 0.25) is 15.1 Å². The first-order valence-corrected chi connectivity index (χ1v) is 12.0. The number of halogens is 3. The molecule has 2 fully saturated rings. The standard InChI is InChI=1S/C22H18Cl3NO3S2/c23-16-5-3-14(9-17(16)24)12-29-19-6-4-13(8-18(19)25)10-20-21(27)26(22(30)31-20)11-15-2-1-7-28-15/h3-6,8-10,15H,1-2,7,11-12H2/b20-10-/t15-/m1/s1. The van der Waals surface area contributed by atoms with Gasteiger partial charge >= 0.3 is 0 Å².